The van der Waals surface area contributed by atoms with Gasteiger partial charge >= 0.3 is 12.0 Å². The number of hydrogen-bond acceptors (Lipinski definition) is 3. The lowest BCUT2D eigenvalue weighted by Crippen LogP contribution is -2.54. The molecular formula is C14H21N3O4. The van der Waals surface area contributed by atoms with Gasteiger partial charge in [-0.2, -0.15) is 0 Å². The van der Waals surface area contributed by atoms with Crippen LogP contribution in [-0.4, -0.2) is 51.8 Å². The van der Waals surface area contributed by atoms with Gasteiger partial charge in [-0.15, -0.1) is 0 Å². The minimum absolute atomic E-state index is 0.0126. The number of aromatic nitrogens is 1. The highest BCUT2D eigenvalue weighted by Gasteiger charge is 2.34. The molecule has 2 rings (SSSR count). The lowest BCUT2D eigenvalue weighted by atomic mass is 10.1. The number of rotatable bonds is 2. The van der Waals surface area contributed by atoms with E-state index in [-0.39, 0.29) is 23.5 Å². The molecule has 21 heavy (non-hydrogen) atoms. The van der Waals surface area contributed by atoms with Crippen LogP contribution in [0.25, 0.3) is 0 Å². The molecule has 1 aliphatic rings. The Labute approximate surface area is 123 Å². The molecule has 0 radical (unpaired) electrons. The number of hydrogen-bond donors (Lipinski definition) is 3. The van der Waals surface area contributed by atoms with E-state index in [1.54, 1.807) is 17.9 Å². The van der Waals surface area contributed by atoms with Gasteiger partial charge in [-0.1, -0.05) is 0 Å². The van der Waals surface area contributed by atoms with Gasteiger partial charge < -0.3 is 25.0 Å². The topological polar surface area (TPSA) is 94.7 Å². The smallest absolute Gasteiger partial charge is 0.354 e. The number of aryl methyl sites for hydroxylation is 1. The molecule has 1 atom stereocenters. The summed E-state index contributed by atoms with van der Waals surface area (Å²) in [5.41, 5.74) is 0.528. The number of ether oxygens (including phenoxy) is 1. The van der Waals surface area contributed by atoms with Gasteiger partial charge in [-0.25, -0.2) is 9.59 Å². The fourth-order valence-corrected chi connectivity index (χ4v) is 2.66. The van der Waals surface area contributed by atoms with Crippen LogP contribution in [-0.2, 0) is 4.74 Å². The summed E-state index contributed by atoms with van der Waals surface area (Å²) in [6, 6.07) is 1.29. The number of anilines is 1. The maximum atomic E-state index is 12.3. The molecule has 3 N–H and O–H groups in total. The van der Waals surface area contributed by atoms with Gasteiger partial charge in [-0.3, -0.25) is 0 Å². The quantitative estimate of drug-likeness (QED) is 0.778. The Morgan fingerprint density at radius 2 is 2.19 bits per heavy atom. The summed E-state index contributed by atoms with van der Waals surface area (Å²) < 4.78 is 5.75. The molecule has 0 aliphatic carbocycles. The number of carbonyl (C=O) groups excluding carboxylic acids is 1. The second-order valence-corrected chi connectivity index (χ2v) is 6.05. The van der Waals surface area contributed by atoms with Crippen molar-refractivity contribution < 1.29 is 19.4 Å². The Kier molecular flexibility index (Phi) is 3.95. The number of H-pyrrole nitrogens is 1. The zero-order valence-electron chi connectivity index (χ0n) is 12.7. The first kappa shape index (κ1) is 15.4. The van der Waals surface area contributed by atoms with Crippen LogP contribution in [0.3, 0.4) is 0 Å². The number of carbonyl (C=O) groups is 2. The highest BCUT2D eigenvalue weighted by Crippen LogP contribution is 2.23. The van der Waals surface area contributed by atoms with Crippen molar-refractivity contribution in [2.45, 2.75) is 39.4 Å². The molecule has 0 saturated carbocycles. The first-order valence-electron chi connectivity index (χ1n) is 6.84. The third kappa shape index (κ3) is 3.55. The molecule has 1 aliphatic heterocycles. The summed E-state index contributed by atoms with van der Waals surface area (Å²) in [4.78, 5) is 27.8. The van der Waals surface area contributed by atoms with Crippen molar-refractivity contribution in [2.75, 3.05) is 18.4 Å². The van der Waals surface area contributed by atoms with Crippen LogP contribution in [0.2, 0.25) is 0 Å². The Balaban J connectivity index is 2.13. The largest absolute Gasteiger partial charge is 0.477 e. The molecule has 1 saturated heterocycles. The standard InChI is InChI=1S/C14H21N3O4/c1-8-5-10(11(15-8)12(18)19)16-13(20)17-6-9(2)21-14(3,4)7-17/h5,9,15H,6-7H2,1-4H3,(H,16,20)(H,18,19). The normalized spacial score (nSPS) is 21.1. The number of amides is 2. The molecule has 7 nitrogen and oxygen atoms in total. The van der Waals surface area contributed by atoms with E-state index in [0.29, 0.717) is 18.8 Å². The van der Waals surface area contributed by atoms with Gasteiger partial charge in [0.05, 0.1) is 23.9 Å². The number of carboxylic acid groups (broad SMARTS) is 1. The van der Waals surface area contributed by atoms with Crippen LogP contribution in [0.1, 0.15) is 37.0 Å². The number of aromatic amines is 1. The highest BCUT2D eigenvalue weighted by atomic mass is 16.5. The summed E-state index contributed by atoms with van der Waals surface area (Å²) in [5.74, 6) is -1.10. The molecule has 7 heteroatoms. The van der Waals surface area contributed by atoms with Crippen molar-refractivity contribution in [3.63, 3.8) is 0 Å². The lowest BCUT2D eigenvalue weighted by Gasteiger charge is -2.41. The van der Waals surface area contributed by atoms with E-state index in [4.69, 9.17) is 9.84 Å². The zero-order chi connectivity index (χ0) is 15.8. The van der Waals surface area contributed by atoms with Crippen LogP contribution >= 0.6 is 0 Å². The number of aromatic carboxylic acids is 1. The van der Waals surface area contributed by atoms with Crippen molar-refractivity contribution >= 4 is 17.7 Å². The van der Waals surface area contributed by atoms with E-state index < -0.39 is 11.6 Å². The summed E-state index contributed by atoms with van der Waals surface area (Å²) in [7, 11) is 0. The Morgan fingerprint density at radius 1 is 1.52 bits per heavy atom. The van der Waals surface area contributed by atoms with Crippen LogP contribution < -0.4 is 5.32 Å². The van der Waals surface area contributed by atoms with Crippen LogP contribution in [0.5, 0.6) is 0 Å². The van der Waals surface area contributed by atoms with Gasteiger partial charge in [0.15, 0.2) is 0 Å². The van der Waals surface area contributed by atoms with E-state index in [1.807, 2.05) is 20.8 Å². The first-order chi connectivity index (χ1) is 9.68. The molecular weight excluding hydrogens is 274 g/mol. The molecule has 1 aromatic rings. The highest BCUT2D eigenvalue weighted by molar-refractivity contribution is 5.99. The predicted octanol–water partition coefficient (Wildman–Crippen LogP) is 2.05. The Bertz CT molecular complexity index is 565. The number of carboxylic acids is 1. The van der Waals surface area contributed by atoms with Gasteiger partial charge in [0.1, 0.15) is 5.69 Å². The minimum atomic E-state index is -1.10. The average Bonchev–Trinajstić information content (AvgIpc) is 2.67. The fraction of sp³-hybridized carbons (Fsp3) is 0.571. The second-order valence-electron chi connectivity index (χ2n) is 6.05. The number of nitrogens with one attached hydrogen (secondary N) is 2. The maximum absolute atomic E-state index is 12.3. The summed E-state index contributed by atoms with van der Waals surface area (Å²) >= 11 is 0. The molecule has 1 fully saturated rings. The summed E-state index contributed by atoms with van der Waals surface area (Å²) in [5, 5.41) is 11.8. The van der Waals surface area contributed by atoms with Crippen molar-refractivity contribution in [2.24, 2.45) is 0 Å². The monoisotopic (exact) mass is 295 g/mol. The van der Waals surface area contributed by atoms with Crippen LogP contribution in [0.15, 0.2) is 6.07 Å². The molecule has 1 aromatic heterocycles. The van der Waals surface area contributed by atoms with Gasteiger partial charge in [0.25, 0.3) is 0 Å². The molecule has 116 valence electrons. The molecule has 2 heterocycles. The van der Waals surface area contributed by atoms with Gasteiger partial charge in [-0.05, 0) is 33.8 Å². The third-order valence-corrected chi connectivity index (χ3v) is 3.26. The number of urea groups is 1. The second kappa shape index (κ2) is 5.40. The van der Waals surface area contributed by atoms with Gasteiger partial charge in [0.2, 0.25) is 0 Å². The van der Waals surface area contributed by atoms with E-state index in [1.165, 1.54) is 0 Å². The molecule has 0 spiro atoms. The molecule has 0 bridgehead atoms. The van der Waals surface area contributed by atoms with E-state index in [9.17, 15) is 9.59 Å². The minimum Gasteiger partial charge on any atom is -0.477 e. The average molecular weight is 295 g/mol. The van der Waals surface area contributed by atoms with E-state index in [0.717, 1.165) is 0 Å². The third-order valence-electron chi connectivity index (χ3n) is 3.26. The van der Waals surface area contributed by atoms with Crippen molar-refractivity contribution in [3.05, 3.63) is 17.5 Å². The summed E-state index contributed by atoms with van der Waals surface area (Å²) in [6.45, 7) is 8.42. The fourth-order valence-electron chi connectivity index (χ4n) is 2.66. The van der Waals surface area contributed by atoms with Crippen molar-refractivity contribution in [1.82, 2.24) is 9.88 Å². The molecule has 1 unspecified atom stereocenters. The SMILES string of the molecule is Cc1cc(NC(=O)N2CC(C)OC(C)(C)C2)c(C(=O)O)[nH]1. The molecule has 0 aromatic carbocycles. The van der Waals surface area contributed by atoms with Crippen molar-refractivity contribution in [1.29, 1.82) is 0 Å². The van der Waals surface area contributed by atoms with Crippen molar-refractivity contribution in [3.8, 4) is 0 Å². The van der Waals surface area contributed by atoms with E-state index >= 15 is 0 Å². The summed E-state index contributed by atoms with van der Waals surface area (Å²) in [6.07, 6.45) is -0.0635. The number of morpholine rings is 1. The first-order valence-corrected chi connectivity index (χ1v) is 6.84. The maximum Gasteiger partial charge on any atom is 0.354 e. The lowest BCUT2D eigenvalue weighted by molar-refractivity contribution is -0.116. The van der Waals surface area contributed by atoms with Gasteiger partial charge in [0, 0.05) is 12.2 Å². The zero-order valence-corrected chi connectivity index (χ0v) is 12.7. The van der Waals surface area contributed by atoms with Crippen LogP contribution in [0.4, 0.5) is 10.5 Å². The Hall–Kier alpha value is -2.02. The predicted molar refractivity (Wildman–Crippen MR) is 77.7 cm³/mol. The van der Waals surface area contributed by atoms with E-state index in [2.05, 4.69) is 10.3 Å². The number of nitrogens with zero attached hydrogens (tertiary/aromatic N) is 1. The Morgan fingerprint density at radius 3 is 2.76 bits per heavy atom. The molecule has 2 amide bonds. The van der Waals surface area contributed by atoms with Crippen LogP contribution in [0, 0.1) is 6.92 Å².